The van der Waals surface area contributed by atoms with Gasteiger partial charge in [0.05, 0.1) is 5.75 Å². The predicted octanol–water partition coefficient (Wildman–Crippen LogP) is 1.49. The maximum Gasteiger partial charge on any atom is 0.148 e. The van der Waals surface area contributed by atoms with Crippen molar-refractivity contribution in [2.45, 2.75) is 19.4 Å². The van der Waals surface area contributed by atoms with Gasteiger partial charge >= 0.3 is 0 Å². The molecule has 1 unspecified atom stereocenters. The quantitative estimate of drug-likeness (QED) is 0.790. The van der Waals surface area contributed by atoms with E-state index in [1.165, 1.54) is 17.4 Å². The number of nitrogens with one attached hydrogen (secondary N) is 1. The number of rotatable bonds is 8. The highest BCUT2D eigenvalue weighted by Crippen LogP contribution is 2.15. The summed E-state index contributed by atoms with van der Waals surface area (Å²) in [5.74, 6) is 0.706. The van der Waals surface area contributed by atoms with Crippen LogP contribution in [0.4, 0.5) is 0 Å². The molecule has 1 atom stereocenters. The van der Waals surface area contributed by atoms with Crippen molar-refractivity contribution in [1.29, 1.82) is 0 Å². The van der Waals surface area contributed by atoms with Gasteiger partial charge in [-0.25, -0.2) is 8.42 Å². The third kappa shape index (κ3) is 6.50. The second-order valence-electron chi connectivity index (χ2n) is 5.57. The SMILES string of the molecule is CNCC(C)c1ccc(CN(C)CCS(C)(=O)=O)cc1. The van der Waals surface area contributed by atoms with Crippen LogP contribution in [0.3, 0.4) is 0 Å². The molecule has 20 heavy (non-hydrogen) atoms. The minimum absolute atomic E-state index is 0.209. The van der Waals surface area contributed by atoms with Crippen LogP contribution in [0, 0.1) is 0 Å². The van der Waals surface area contributed by atoms with E-state index in [4.69, 9.17) is 0 Å². The molecule has 0 spiro atoms. The average molecular weight is 298 g/mol. The van der Waals surface area contributed by atoms with Crippen LogP contribution in [0.2, 0.25) is 0 Å². The van der Waals surface area contributed by atoms with E-state index in [1.807, 2.05) is 19.0 Å². The molecule has 0 aromatic heterocycles. The molecule has 0 radical (unpaired) electrons. The number of nitrogens with zero attached hydrogens (tertiary/aromatic N) is 1. The van der Waals surface area contributed by atoms with E-state index in [0.29, 0.717) is 12.5 Å². The Morgan fingerprint density at radius 1 is 1.25 bits per heavy atom. The smallest absolute Gasteiger partial charge is 0.148 e. The lowest BCUT2D eigenvalue weighted by molar-refractivity contribution is 0.346. The van der Waals surface area contributed by atoms with Crippen LogP contribution >= 0.6 is 0 Å². The van der Waals surface area contributed by atoms with Crippen LogP contribution in [-0.4, -0.2) is 52.5 Å². The Balaban J connectivity index is 2.52. The van der Waals surface area contributed by atoms with Crippen LogP contribution in [0.1, 0.15) is 24.0 Å². The third-order valence-corrected chi connectivity index (χ3v) is 4.28. The summed E-state index contributed by atoms with van der Waals surface area (Å²) >= 11 is 0. The standard InChI is InChI=1S/C15H26N2O2S/c1-13(11-16-2)15-7-5-14(6-8-15)12-17(3)9-10-20(4,18)19/h5-8,13,16H,9-12H2,1-4H3. The van der Waals surface area contributed by atoms with Crippen molar-refractivity contribution in [3.63, 3.8) is 0 Å². The van der Waals surface area contributed by atoms with Crippen LogP contribution in [0.25, 0.3) is 0 Å². The largest absolute Gasteiger partial charge is 0.319 e. The molecule has 1 aromatic carbocycles. The minimum atomic E-state index is -2.88. The molecule has 0 aliphatic carbocycles. The Morgan fingerprint density at radius 3 is 2.35 bits per heavy atom. The number of sulfone groups is 1. The van der Waals surface area contributed by atoms with Gasteiger partial charge in [-0.1, -0.05) is 31.2 Å². The van der Waals surface area contributed by atoms with E-state index >= 15 is 0 Å². The Kier molecular flexibility index (Phi) is 6.65. The van der Waals surface area contributed by atoms with Gasteiger partial charge in [-0.05, 0) is 31.1 Å². The molecule has 0 aliphatic heterocycles. The Hall–Kier alpha value is -0.910. The molecule has 114 valence electrons. The van der Waals surface area contributed by atoms with Crippen LogP contribution in [0.5, 0.6) is 0 Å². The van der Waals surface area contributed by atoms with Gasteiger partial charge in [-0.2, -0.15) is 0 Å². The van der Waals surface area contributed by atoms with Crippen LogP contribution in [0.15, 0.2) is 24.3 Å². The first-order chi connectivity index (χ1) is 9.31. The molecule has 1 aromatic rings. The zero-order valence-corrected chi connectivity index (χ0v) is 13.7. The van der Waals surface area contributed by atoms with Crippen molar-refractivity contribution in [3.8, 4) is 0 Å². The summed E-state index contributed by atoms with van der Waals surface area (Å²) in [7, 11) is 1.02. The lowest BCUT2D eigenvalue weighted by Crippen LogP contribution is -2.24. The fourth-order valence-electron chi connectivity index (χ4n) is 2.09. The first kappa shape index (κ1) is 17.1. The summed E-state index contributed by atoms with van der Waals surface area (Å²) in [6.07, 6.45) is 1.28. The molecule has 0 fully saturated rings. The summed E-state index contributed by atoms with van der Waals surface area (Å²) in [6.45, 7) is 4.50. The van der Waals surface area contributed by atoms with Gasteiger partial charge in [0.1, 0.15) is 9.84 Å². The lowest BCUT2D eigenvalue weighted by Gasteiger charge is -2.17. The predicted molar refractivity (Wildman–Crippen MR) is 84.8 cm³/mol. The monoisotopic (exact) mass is 298 g/mol. The molecular weight excluding hydrogens is 272 g/mol. The van der Waals surface area contributed by atoms with Crippen molar-refractivity contribution >= 4 is 9.84 Å². The number of likely N-dealkylation sites (N-methyl/N-ethyl adjacent to an activating group) is 1. The van der Waals surface area contributed by atoms with Gasteiger partial charge in [-0.15, -0.1) is 0 Å². The summed E-state index contributed by atoms with van der Waals surface area (Å²) in [5, 5.41) is 3.18. The maximum atomic E-state index is 11.1. The summed E-state index contributed by atoms with van der Waals surface area (Å²) in [5.41, 5.74) is 2.53. The van der Waals surface area contributed by atoms with E-state index in [9.17, 15) is 8.42 Å². The molecule has 0 amide bonds. The molecule has 0 aliphatic rings. The third-order valence-electron chi connectivity index (χ3n) is 3.36. The van der Waals surface area contributed by atoms with Gasteiger partial charge < -0.3 is 10.2 Å². The molecule has 1 rings (SSSR count). The summed E-state index contributed by atoms with van der Waals surface area (Å²) < 4.78 is 22.3. The fourth-order valence-corrected chi connectivity index (χ4v) is 2.73. The highest BCUT2D eigenvalue weighted by atomic mass is 32.2. The fraction of sp³-hybridized carbons (Fsp3) is 0.600. The van der Waals surface area contributed by atoms with Gasteiger partial charge in [0.2, 0.25) is 0 Å². The molecule has 0 saturated carbocycles. The average Bonchev–Trinajstić information content (AvgIpc) is 2.37. The maximum absolute atomic E-state index is 11.1. The molecule has 0 heterocycles. The van der Waals surface area contributed by atoms with Gasteiger partial charge in [0, 0.05) is 25.9 Å². The topological polar surface area (TPSA) is 49.4 Å². The van der Waals surface area contributed by atoms with Gasteiger partial charge in [0.25, 0.3) is 0 Å². The Bertz CT molecular complexity index is 497. The first-order valence-electron chi connectivity index (χ1n) is 6.91. The zero-order valence-electron chi connectivity index (χ0n) is 12.9. The van der Waals surface area contributed by atoms with E-state index in [-0.39, 0.29) is 5.75 Å². The van der Waals surface area contributed by atoms with Crippen molar-refractivity contribution in [2.24, 2.45) is 0 Å². The van der Waals surface area contributed by atoms with E-state index in [0.717, 1.165) is 13.1 Å². The second-order valence-corrected chi connectivity index (χ2v) is 7.83. The van der Waals surface area contributed by atoms with Crippen molar-refractivity contribution < 1.29 is 8.42 Å². The second kappa shape index (κ2) is 7.76. The molecule has 4 nitrogen and oxygen atoms in total. The Labute approximate surface area is 123 Å². The molecule has 1 N–H and O–H groups in total. The zero-order chi connectivity index (χ0) is 15.2. The number of benzene rings is 1. The van der Waals surface area contributed by atoms with E-state index < -0.39 is 9.84 Å². The first-order valence-corrected chi connectivity index (χ1v) is 8.97. The molecular formula is C15H26N2O2S. The van der Waals surface area contributed by atoms with Gasteiger partial charge in [-0.3, -0.25) is 0 Å². The number of hydrogen-bond acceptors (Lipinski definition) is 4. The summed E-state index contributed by atoms with van der Waals surface area (Å²) in [4.78, 5) is 2.03. The molecule has 5 heteroatoms. The number of hydrogen-bond donors (Lipinski definition) is 1. The molecule has 0 bridgehead atoms. The lowest BCUT2D eigenvalue weighted by atomic mass is 10.00. The minimum Gasteiger partial charge on any atom is -0.319 e. The highest BCUT2D eigenvalue weighted by molar-refractivity contribution is 7.90. The summed E-state index contributed by atoms with van der Waals surface area (Å²) in [6, 6.07) is 8.56. The van der Waals surface area contributed by atoms with Crippen molar-refractivity contribution in [3.05, 3.63) is 35.4 Å². The molecule has 0 saturated heterocycles. The van der Waals surface area contributed by atoms with Crippen molar-refractivity contribution in [2.75, 3.05) is 39.2 Å². The van der Waals surface area contributed by atoms with Crippen molar-refractivity contribution in [1.82, 2.24) is 10.2 Å². The van der Waals surface area contributed by atoms with Crippen LogP contribution < -0.4 is 5.32 Å². The van der Waals surface area contributed by atoms with Gasteiger partial charge in [0.15, 0.2) is 0 Å². The normalized spacial score (nSPS) is 13.7. The van der Waals surface area contributed by atoms with E-state index in [2.05, 4.69) is 36.5 Å². The Morgan fingerprint density at radius 2 is 1.85 bits per heavy atom. The van der Waals surface area contributed by atoms with E-state index in [1.54, 1.807) is 0 Å². The van der Waals surface area contributed by atoms with Crippen LogP contribution in [-0.2, 0) is 16.4 Å². The highest BCUT2D eigenvalue weighted by Gasteiger charge is 2.07.